The van der Waals surface area contributed by atoms with Crippen molar-refractivity contribution in [2.75, 3.05) is 5.32 Å². The number of amides is 1. The van der Waals surface area contributed by atoms with Crippen molar-refractivity contribution in [1.29, 1.82) is 0 Å². The maximum atomic E-state index is 12.6. The zero-order valence-electron chi connectivity index (χ0n) is 15.0. The van der Waals surface area contributed by atoms with Crippen LogP contribution in [0.15, 0.2) is 66.7 Å². The number of anilines is 1. The van der Waals surface area contributed by atoms with Crippen molar-refractivity contribution in [3.8, 4) is 22.6 Å². The van der Waals surface area contributed by atoms with Crippen LogP contribution in [0.4, 0.5) is 5.95 Å². The molecular weight excluding hydrogens is 374 g/mol. The Morgan fingerprint density at radius 2 is 1.71 bits per heavy atom. The van der Waals surface area contributed by atoms with Crippen LogP contribution in [0.5, 0.6) is 0 Å². The topological polar surface area (TPSA) is 83.6 Å². The van der Waals surface area contributed by atoms with Crippen LogP contribution in [0.1, 0.15) is 16.1 Å². The molecule has 2 N–H and O–H groups in total. The Labute approximate surface area is 166 Å². The normalized spacial score (nSPS) is 10.6. The smallest absolute Gasteiger partial charge is 0.259 e. The third-order valence-corrected chi connectivity index (χ3v) is 4.57. The number of halogens is 1. The van der Waals surface area contributed by atoms with Crippen molar-refractivity contribution >= 4 is 23.5 Å². The zero-order chi connectivity index (χ0) is 19.5. The number of rotatable bonds is 4. The van der Waals surface area contributed by atoms with Crippen LogP contribution in [0, 0.1) is 6.92 Å². The summed E-state index contributed by atoms with van der Waals surface area (Å²) in [4.78, 5) is 21.5. The first-order chi connectivity index (χ1) is 13.6. The van der Waals surface area contributed by atoms with Crippen molar-refractivity contribution in [2.24, 2.45) is 0 Å². The second-order valence-electron chi connectivity index (χ2n) is 6.14. The lowest BCUT2D eigenvalue weighted by Gasteiger charge is -2.07. The molecular formula is C21H16ClN5O. The average molecular weight is 390 g/mol. The number of nitrogens with zero attached hydrogens (tertiary/aromatic N) is 3. The minimum Gasteiger partial charge on any atom is -0.289 e. The zero-order valence-corrected chi connectivity index (χ0v) is 15.7. The first kappa shape index (κ1) is 17.9. The molecule has 2 heterocycles. The number of nitrogens with one attached hydrogen (secondary N) is 2. The second kappa shape index (κ2) is 7.62. The van der Waals surface area contributed by atoms with E-state index < -0.39 is 0 Å². The summed E-state index contributed by atoms with van der Waals surface area (Å²) in [5.74, 6) is 0.330. The number of hydrogen-bond donors (Lipinski definition) is 2. The summed E-state index contributed by atoms with van der Waals surface area (Å²) in [5.41, 5.74) is 3.61. The first-order valence-corrected chi connectivity index (χ1v) is 9.01. The van der Waals surface area contributed by atoms with Gasteiger partial charge in [-0.05, 0) is 31.2 Å². The van der Waals surface area contributed by atoms with E-state index in [0.717, 1.165) is 11.3 Å². The standard InChI is InChI=1S/C21H16ClN5O/c1-13-15(11-12-18(23-13)14-7-3-2-4-8-14)20(28)25-21-24-19(26-27-21)16-9-5-6-10-17(16)22/h2-12H,1H3,(H2,24,25,26,27,28). The van der Waals surface area contributed by atoms with Gasteiger partial charge in [-0.3, -0.25) is 20.2 Å². The largest absolute Gasteiger partial charge is 0.289 e. The number of carbonyl (C=O) groups is 1. The summed E-state index contributed by atoms with van der Waals surface area (Å²) in [5, 5.41) is 10.1. The van der Waals surface area contributed by atoms with Gasteiger partial charge in [0.15, 0.2) is 5.82 Å². The van der Waals surface area contributed by atoms with E-state index in [9.17, 15) is 4.79 Å². The van der Waals surface area contributed by atoms with Crippen molar-refractivity contribution in [3.05, 3.63) is 83.0 Å². The molecule has 2 aromatic heterocycles. The molecule has 0 spiro atoms. The summed E-state index contributed by atoms with van der Waals surface area (Å²) in [6.07, 6.45) is 0. The fourth-order valence-electron chi connectivity index (χ4n) is 2.83. The van der Waals surface area contributed by atoms with Crippen LogP contribution in [0.2, 0.25) is 5.02 Å². The van der Waals surface area contributed by atoms with Crippen molar-refractivity contribution in [3.63, 3.8) is 0 Å². The second-order valence-corrected chi connectivity index (χ2v) is 6.54. The lowest BCUT2D eigenvalue weighted by Crippen LogP contribution is -2.15. The van der Waals surface area contributed by atoms with E-state index >= 15 is 0 Å². The van der Waals surface area contributed by atoms with Crippen molar-refractivity contribution in [2.45, 2.75) is 6.92 Å². The van der Waals surface area contributed by atoms with Crippen LogP contribution in [0.3, 0.4) is 0 Å². The van der Waals surface area contributed by atoms with Gasteiger partial charge in [-0.1, -0.05) is 54.1 Å². The SMILES string of the molecule is Cc1nc(-c2ccccc2)ccc1C(=O)Nc1n[nH]c(-c2ccccc2Cl)n1. The Morgan fingerprint density at radius 3 is 2.46 bits per heavy atom. The fourth-order valence-corrected chi connectivity index (χ4v) is 3.06. The Morgan fingerprint density at radius 1 is 0.964 bits per heavy atom. The van der Waals surface area contributed by atoms with E-state index in [4.69, 9.17) is 11.6 Å². The van der Waals surface area contributed by atoms with Crippen LogP contribution in [-0.2, 0) is 0 Å². The quantitative estimate of drug-likeness (QED) is 0.527. The lowest BCUT2D eigenvalue weighted by molar-refractivity contribution is 0.102. The molecule has 6 nitrogen and oxygen atoms in total. The molecule has 0 unspecified atom stereocenters. The molecule has 138 valence electrons. The third-order valence-electron chi connectivity index (χ3n) is 4.24. The number of pyridine rings is 1. The summed E-state index contributed by atoms with van der Waals surface area (Å²) in [6.45, 7) is 1.80. The molecule has 0 radical (unpaired) electrons. The molecule has 0 atom stereocenters. The molecule has 0 aliphatic rings. The van der Waals surface area contributed by atoms with Crippen molar-refractivity contribution in [1.82, 2.24) is 20.2 Å². The molecule has 0 aliphatic carbocycles. The highest BCUT2D eigenvalue weighted by molar-refractivity contribution is 6.33. The minimum absolute atomic E-state index is 0.173. The maximum Gasteiger partial charge on any atom is 0.259 e. The maximum absolute atomic E-state index is 12.6. The molecule has 0 aliphatic heterocycles. The van der Waals surface area contributed by atoms with Gasteiger partial charge in [0.05, 0.1) is 22.0 Å². The number of benzene rings is 2. The van der Waals surface area contributed by atoms with Gasteiger partial charge < -0.3 is 0 Å². The Balaban J connectivity index is 1.54. The van der Waals surface area contributed by atoms with Gasteiger partial charge in [0.2, 0.25) is 5.95 Å². The van der Waals surface area contributed by atoms with Crippen LogP contribution >= 0.6 is 11.6 Å². The van der Waals surface area contributed by atoms with Gasteiger partial charge in [-0.15, -0.1) is 5.10 Å². The predicted molar refractivity (Wildman–Crippen MR) is 109 cm³/mol. The molecule has 2 aromatic carbocycles. The van der Waals surface area contributed by atoms with Gasteiger partial charge in [0.25, 0.3) is 5.91 Å². The summed E-state index contributed by atoms with van der Waals surface area (Å²) >= 11 is 6.17. The summed E-state index contributed by atoms with van der Waals surface area (Å²) < 4.78 is 0. The van der Waals surface area contributed by atoms with E-state index in [1.807, 2.05) is 54.6 Å². The number of H-pyrrole nitrogens is 1. The molecule has 4 rings (SSSR count). The van der Waals surface area contributed by atoms with Gasteiger partial charge in [-0.25, -0.2) is 0 Å². The highest BCUT2D eigenvalue weighted by atomic mass is 35.5. The highest BCUT2D eigenvalue weighted by Gasteiger charge is 2.15. The molecule has 0 saturated heterocycles. The average Bonchev–Trinajstić information content (AvgIpc) is 3.17. The summed E-state index contributed by atoms with van der Waals surface area (Å²) in [7, 11) is 0. The van der Waals surface area contributed by atoms with Crippen LogP contribution in [0.25, 0.3) is 22.6 Å². The molecule has 28 heavy (non-hydrogen) atoms. The van der Waals surface area contributed by atoms with Gasteiger partial charge in [0.1, 0.15) is 0 Å². The van der Waals surface area contributed by atoms with Gasteiger partial charge >= 0.3 is 0 Å². The fraction of sp³-hybridized carbons (Fsp3) is 0.0476. The monoisotopic (exact) mass is 389 g/mol. The van der Waals surface area contributed by atoms with E-state index in [-0.39, 0.29) is 11.9 Å². The molecule has 0 saturated carbocycles. The van der Waals surface area contributed by atoms with Gasteiger partial charge in [-0.2, -0.15) is 4.98 Å². The van der Waals surface area contributed by atoms with E-state index in [1.54, 1.807) is 19.1 Å². The van der Waals surface area contributed by atoms with Crippen LogP contribution in [-0.4, -0.2) is 26.1 Å². The number of carbonyl (C=O) groups excluding carboxylic acids is 1. The Hall–Kier alpha value is -3.51. The number of aromatic nitrogens is 4. The first-order valence-electron chi connectivity index (χ1n) is 8.63. The van der Waals surface area contributed by atoms with Crippen LogP contribution < -0.4 is 5.32 Å². The van der Waals surface area contributed by atoms with Gasteiger partial charge in [0, 0.05) is 11.1 Å². The molecule has 4 aromatic rings. The third kappa shape index (κ3) is 3.63. The van der Waals surface area contributed by atoms with E-state index in [0.29, 0.717) is 27.7 Å². The molecule has 7 heteroatoms. The number of hydrogen-bond acceptors (Lipinski definition) is 4. The Kier molecular flexibility index (Phi) is 4.87. The lowest BCUT2D eigenvalue weighted by atomic mass is 10.1. The molecule has 0 bridgehead atoms. The highest BCUT2D eigenvalue weighted by Crippen LogP contribution is 2.25. The number of aromatic amines is 1. The Bertz CT molecular complexity index is 1140. The predicted octanol–water partition coefficient (Wildman–Crippen LogP) is 4.75. The molecule has 0 fully saturated rings. The van der Waals surface area contributed by atoms with E-state index in [2.05, 4.69) is 25.5 Å². The van der Waals surface area contributed by atoms with E-state index in [1.165, 1.54) is 0 Å². The van der Waals surface area contributed by atoms with Crippen molar-refractivity contribution < 1.29 is 4.79 Å². The minimum atomic E-state index is -0.325. The molecule has 1 amide bonds. The summed E-state index contributed by atoms with van der Waals surface area (Å²) in [6, 6.07) is 20.7. The number of aryl methyl sites for hydroxylation is 1.